The molecule has 4 heteroatoms. The van der Waals surface area contributed by atoms with Gasteiger partial charge in [-0.3, -0.25) is 4.79 Å². The fourth-order valence-corrected chi connectivity index (χ4v) is 3.37. The van der Waals surface area contributed by atoms with Crippen molar-refractivity contribution in [1.82, 2.24) is 5.32 Å². The first kappa shape index (κ1) is 18.3. The zero-order chi connectivity index (χ0) is 18.4. The van der Waals surface area contributed by atoms with Gasteiger partial charge in [-0.05, 0) is 62.8 Å². The van der Waals surface area contributed by atoms with Gasteiger partial charge in [-0.25, -0.2) is 0 Å². The highest BCUT2D eigenvalue weighted by Gasteiger charge is 2.19. The molecule has 1 aliphatic rings. The second-order valence-electron chi connectivity index (χ2n) is 6.62. The van der Waals surface area contributed by atoms with E-state index < -0.39 is 6.10 Å². The van der Waals surface area contributed by atoms with E-state index in [9.17, 15) is 4.79 Å². The maximum Gasteiger partial charge on any atom is 0.261 e. The van der Waals surface area contributed by atoms with Crippen LogP contribution in [0.25, 0.3) is 0 Å². The molecule has 1 amide bonds. The molecule has 0 spiro atoms. The van der Waals surface area contributed by atoms with Crippen LogP contribution >= 0.6 is 0 Å². The molecule has 0 heterocycles. The summed E-state index contributed by atoms with van der Waals surface area (Å²) in [6.07, 6.45) is 4.00. The molecular formula is C22H27NO3. The van der Waals surface area contributed by atoms with Gasteiger partial charge in [-0.2, -0.15) is 0 Å². The number of carbonyl (C=O) groups is 1. The zero-order valence-electron chi connectivity index (χ0n) is 15.6. The summed E-state index contributed by atoms with van der Waals surface area (Å²) in [4.78, 5) is 12.5. The van der Waals surface area contributed by atoms with E-state index in [-0.39, 0.29) is 5.91 Å². The first-order chi connectivity index (χ1) is 12.7. The van der Waals surface area contributed by atoms with Crippen LogP contribution < -0.4 is 14.8 Å². The Kier molecular flexibility index (Phi) is 6.16. The Labute approximate surface area is 155 Å². The smallest absolute Gasteiger partial charge is 0.261 e. The van der Waals surface area contributed by atoms with E-state index in [1.165, 1.54) is 24.0 Å². The summed E-state index contributed by atoms with van der Waals surface area (Å²) < 4.78 is 11.6. The number of benzene rings is 2. The van der Waals surface area contributed by atoms with Crippen LogP contribution in [0.3, 0.4) is 0 Å². The summed E-state index contributed by atoms with van der Waals surface area (Å²) in [7, 11) is 0. The van der Waals surface area contributed by atoms with Crippen molar-refractivity contribution in [3.63, 3.8) is 0 Å². The Balaban J connectivity index is 1.61. The molecule has 1 N–H and O–H groups in total. The monoisotopic (exact) mass is 353 g/mol. The van der Waals surface area contributed by atoms with Crippen molar-refractivity contribution in [3.05, 3.63) is 59.2 Å². The fraction of sp³-hybridized carbons (Fsp3) is 0.409. The van der Waals surface area contributed by atoms with Crippen molar-refractivity contribution in [2.45, 2.75) is 52.2 Å². The van der Waals surface area contributed by atoms with Gasteiger partial charge in [0.1, 0.15) is 11.5 Å². The van der Waals surface area contributed by atoms with Crippen LogP contribution in [0.2, 0.25) is 0 Å². The van der Waals surface area contributed by atoms with Crippen LogP contribution in [-0.4, -0.2) is 18.6 Å². The molecule has 26 heavy (non-hydrogen) atoms. The van der Waals surface area contributed by atoms with E-state index in [1.807, 2.05) is 43.3 Å². The van der Waals surface area contributed by atoms with Crippen molar-refractivity contribution in [3.8, 4) is 11.5 Å². The molecule has 0 saturated carbocycles. The van der Waals surface area contributed by atoms with Crippen LogP contribution in [0, 0.1) is 0 Å². The predicted molar refractivity (Wildman–Crippen MR) is 103 cm³/mol. The molecule has 138 valence electrons. The van der Waals surface area contributed by atoms with Gasteiger partial charge in [0.2, 0.25) is 0 Å². The van der Waals surface area contributed by atoms with Crippen molar-refractivity contribution >= 4 is 5.91 Å². The van der Waals surface area contributed by atoms with Crippen LogP contribution in [0.5, 0.6) is 11.5 Å². The number of hydrogen-bond donors (Lipinski definition) is 1. The standard InChI is InChI=1S/C22H27NO3/c1-3-25-20-13-7-5-10-18(20)15-23-22(24)16(2)26-21-14-8-11-17-9-4-6-12-19(17)21/h5,7-8,10-11,13-14,16H,3-4,6,9,12,15H2,1-2H3,(H,23,24)/t16-/m0/s1. The van der Waals surface area contributed by atoms with Crippen LogP contribution in [0.4, 0.5) is 0 Å². The first-order valence-electron chi connectivity index (χ1n) is 9.45. The highest BCUT2D eigenvalue weighted by Crippen LogP contribution is 2.30. The topological polar surface area (TPSA) is 47.6 Å². The number of nitrogens with one attached hydrogen (secondary N) is 1. The third-order valence-electron chi connectivity index (χ3n) is 4.75. The summed E-state index contributed by atoms with van der Waals surface area (Å²) in [5, 5.41) is 2.95. The second kappa shape index (κ2) is 8.75. The normalized spacial score (nSPS) is 14.2. The molecular weight excluding hydrogens is 326 g/mol. The van der Waals surface area contributed by atoms with Gasteiger partial charge in [0.15, 0.2) is 6.10 Å². The zero-order valence-corrected chi connectivity index (χ0v) is 15.6. The summed E-state index contributed by atoms with van der Waals surface area (Å²) in [6, 6.07) is 13.9. The van der Waals surface area contributed by atoms with Gasteiger partial charge in [0.05, 0.1) is 6.61 Å². The van der Waals surface area contributed by atoms with Crippen molar-refractivity contribution < 1.29 is 14.3 Å². The Morgan fingerprint density at radius 2 is 1.85 bits per heavy atom. The van der Waals surface area contributed by atoms with Gasteiger partial charge < -0.3 is 14.8 Å². The summed E-state index contributed by atoms with van der Waals surface area (Å²) >= 11 is 0. The molecule has 3 rings (SSSR count). The Morgan fingerprint density at radius 3 is 2.69 bits per heavy atom. The number of aryl methyl sites for hydroxylation is 1. The van der Waals surface area contributed by atoms with E-state index in [2.05, 4.69) is 11.4 Å². The van der Waals surface area contributed by atoms with Gasteiger partial charge in [0.25, 0.3) is 5.91 Å². The number of rotatable bonds is 7. The second-order valence-corrected chi connectivity index (χ2v) is 6.62. The summed E-state index contributed by atoms with van der Waals surface area (Å²) in [5.41, 5.74) is 3.58. The predicted octanol–water partition coefficient (Wildman–Crippen LogP) is 4.05. The number of carbonyl (C=O) groups excluding carboxylic acids is 1. The Hall–Kier alpha value is -2.49. The Morgan fingerprint density at radius 1 is 1.08 bits per heavy atom. The summed E-state index contributed by atoms with van der Waals surface area (Å²) in [5.74, 6) is 1.53. The van der Waals surface area contributed by atoms with Crippen LogP contribution in [0.15, 0.2) is 42.5 Å². The van der Waals surface area contributed by atoms with Gasteiger partial charge in [-0.1, -0.05) is 30.3 Å². The lowest BCUT2D eigenvalue weighted by Crippen LogP contribution is -2.36. The van der Waals surface area contributed by atoms with E-state index in [4.69, 9.17) is 9.47 Å². The lowest BCUT2D eigenvalue weighted by atomic mass is 9.91. The average Bonchev–Trinajstić information content (AvgIpc) is 2.67. The number of amides is 1. The minimum Gasteiger partial charge on any atom is -0.494 e. The Bertz CT molecular complexity index is 757. The van der Waals surface area contributed by atoms with Crippen molar-refractivity contribution in [2.24, 2.45) is 0 Å². The fourth-order valence-electron chi connectivity index (χ4n) is 3.37. The lowest BCUT2D eigenvalue weighted by Gasteiger charge is -2.22. The molecule has 0 fully saturated rings. The average molecular weight is 353 g/mol. The van der Waals surface area contributed by atoms with E-state index >= 15 is 0 Å². The molecule has 4 nitrogen and oxygen atoms in total. The molecule has 1 atom stereocenters. The maximum atomic E-state index is 12.5. The first-order valence-corrected chi connectivity index (χ1v) is 9.45. The quantitative estimate of drug-likeness (QED) is 0.817. The maximum absolute atomic E-state index is 12.5. The molecule has 0 unspecified atom stereocenters. The lowest BCUT2D eigenvalue weighted by molar-refractivity contribution is -0.127. The van der Waals surface area contributed by atoms with Gasteiger partial charge in [0, 0.05) is 12.1 Å². The minimum atomic E-state index is -0.539. The van der Waals surface area contributed by atoms with Gasteiger partial charge in [-0.15, -0.1) is 0 Å². The third-order valence-corrected chi connectivity index (χ3v) is 4.75. The van der Waals surface area contributed by atoms with E-state index in [0.717, 1.165) is 29.9 Å². The molecule has 0 bridgehead atoms. The number of ether oxygens (including phenoxy) is 2. The molecule has 2 aromatic carbocycles. The SMILES string of the molecule is CCOc1ccccc1CNC(=O)[C@H](C)Oc1cccc2c1CCCC2. The molecule has 0 saturated heterocycles. The minimum absolute atomic E-state index is 0.121. The van der Waals surface area contributed by atoms with E-state index in [0.29, 0.717) is 13.2 Å². The molecule has 1 aliphatic carbocycles. The van der Waals surface area contributed by atoms with E-state index in [1.54, 1.807) is 6.92 Å². The van der Waals surface area contributed by atoms with Crippen molar-refractivity contribution in [1.29, 1.82) is 0 Å². The number of para-hydroxylation sites is 1. The summed E-state index contributed by atoms with van der Waals surface area (Å²) in [6.45, 7) is 4.77. The van der Waals surface area contributed by atoms with Crippen molar-refractivity contribution in [2.75, 3.05) is 6.61 Å². The third kappa shape index (κ3) is 4.37. The highest BCUT2D eigenvalue weighted by molar-refractivity contribution is 5.80. The number of fused-ring (bicyclic) bond motifs is 1. The molecule has 0 aromatic heterocycles. The highest BCUT2D eigenvalue weighted by atomic mass is 16.5. The molecule has 0 aliphatic heterocycles. The van der Waals surface area contributed by atoms with Gasteiger partial charge >= 0.3 is 0 Å². The molecule has 0 radical (unpaired) electrons. The number of hydrogen-bond acceptors (Lipinski definition) is 3. The van der Waals surface area contributed by atoms with Crippen LogP contribution in [0.1, 0.15) is 43.4 Å². The largest absolute Gasteiger partial charge is 0.494 e. The molecule has 2 aromatic rings. The van der Waals surface area contributed by atoms with Crippen LogP contribution in [-0.2, 0) is 24.2 Å².